The molecule has 0 aromatic rings. The van der Waals surface area contributed by atoms with E-state index >= 15 is 0 Å². The molecule has 4 aliphatic rings. The molecule has 4 aliphatic carbocycles. The minimum Gasteiger partial charge on any atom is -0.393 e. The second kappa shape index (κ2) is 14.5. The summed E-state index contributed by atoms with van der Waals surface area (Å²) in [5.74, 6) is 4.91. The molecule has 0 spiro atoms. The Hall–Kier alpha value is -2.53. The van der Waals surface area contributed by atoms with Crippen LogP contribution in [0.1, 0.15) is 104 Å². The minimum absolute atomic E-state index is 0.0757. The van der Waals surface area contributed by atoms with Gasteiger partial charge in [0.1, 0.15) is 6.17 Å². The van der Waals surface area contributed by atoms with Crippen molar-refractivity contribution >= 4 is 11.8 Å². The fraction of sp³-hybridized carbons (Fsp3) is 0.824. The molecule has 9 nitrogen and oxygen atoms in total. The molecule has 4 saturated carbocycles. The third-order valence-corrected chi connectivity index (χ3v) is 12.2. The summed E-state index contributed by atoms with van der Waals surface area (Å²) >= 11 is 0. The lowest BCUT2D eigenvalue weighted by molar-refractivity contribution is -0.174. The van der Waals surface area contributed by atoms with Crippen LogP contribution < -0.4 is 10.6 Å². The molecule has 0 aliphatic heterocycles. The fourth-order valence-corrected chi connectivity index (χ4v) is 10.0. The number of azide groups is 1. The Morgan fingerprint density at radius 3 is 2.60 bits per heavy atom. The predicted molar refractivity (Wildman–Crippen MR) is 167 cm³/mol. The molecule has 0 bridgehead atoms. The number of allylic oxidation sites excluding steroid dienone is 1. The number of hydrogen-bond donors (Lipinski definition) is 4. The summed E-state index contributed by atoms with van der Waals surface area (Å²) in [4.78, 5) is 27.4. The fourth-order valence-electron chi connectivity index (χ4n) is 10.0. The van der Waals surface area contributed by atoms with Crippen LogP contribution in [-0.2, 0) is 9.59 Å². The lowest BCUT2D eigenvalue weighted by Crippen LogP contribution is -2.58. The van der Waals surface area contributed by atoms with Crippen LogP contribution in [0.15, 0.2) is 17.3 Å². The third kappa shape index (κ3) is 7.41. The van der Waals surface area contributed by atoms with Crippen molar-refractivity contribution in [2.45, 2.75) is 123 Å². The molecule has 0 aromatic carbocycles. The molecule has 11 atom stereocenters. The maximum absolute atomic E-state index is 12.6. The zero-order valence-corrected chi connectivity index (χ0v) is 26.4. The van der Waals surface area contributed by atoms with Gasteiger partial charge in [-0.05, 0) is 129 Å². The predicted octanol–water partition coefficient (Wildman–Crippen LogP) is 5.62. The van der Waals surface area contributed by atoms with Gasteiger partial charge >= 0.3 is 0 Å². The van der Waals surface area contributed by atoms with E-state index in [0.29, 0.717) is 48.3 Å². The van der Waals surface area contributed by atoms with Gasteiger partial charge in [0, 0.05) is 17.8 Å². The van der Waals surface area contributed by atoms with Crippen molar-refractivity contribution in [1.29, 1.82) is 0 Å². The van der Waals surface area contributed by atoms with Gasteiger partial charge in [-0.1, -0.05) is 32.0 Å². The van der Waals surface area contributed by atoms with Gasteiger partial charge < -0.3 is 20.8 Å². The van der Waals surface area contributed by atoms with Gasteiger partial charge in [0.05, 0.1) is 18.8 Å². The Bertz CT molecular complexity index is 1110. The summed E-state index contributed by atoms with van der Waals surface area (Å²) in [5, 5.41) is 30.7. The van der Waals surface area contributed by atoms with Crippen LogP contribution in [-0.4, -0.2) is 46.9 Å². The van der Waals surface area contributed by atoms with Crippen LogP contribution >= 0.6 is 0 Å². The summed E-state index contributed by atoms with van der Waals surface area (Å²) in [6.45, 7) is 7.22. The first-order chi connectivity index (χ1) is 20.5. The molecule has 0 radical (unpaired) electrons. The van der Waals surface area contributed by atoms with Crippen LogP contribution in [0.5, 0.6) is 0 Å². The number of unbranched alkanes of at least 4 members (excludes halogenated alkanes) is 1. The number of nitrogens with one attached hydrogen (secondary N) is 2. The SMILES string of the molecule is C#CCCCC(=O)NC(CN=[N+]=[N-])NC(=O)/C=C/CC[C@@H](C)[C@H]1CC[C@H]2[C@@H]3C(O)C[C@@H]4C[C@H](O)CC[C@]4(C)[C@H]3CC[C@]12C. The van der Waals surface area contributed by atoms with Crippen LogP contribution in [0.3, 0.4) is 0 Å². The Kier molecular flexibility index (Phi) is 11.3. The lowest BCUT2D eigenvalue weighted by Gasteiger charge is -2.62. The highest BCUT2D eigenvalue weighted by Crippen LogP contribution is 2.68. The summed E-state index contributed by atoms with van der Waals surface area (Å²) in [6, 6.07) is 0. The van der Waals surface area contributed by atoms with E-state index in [1.165, 1.54) is 31.8 Å². The molecule has 0 saturated heterocycles. The smallest absolute Gasteiger partial charge is 0.245 e. The van der Waals surface area contributed by atoms with Crippen LogP contribution in [0.25, 0.3) is 10.4 Å². The molecule has 4 rings (SSSR count). The Balaban J connectivity index is 1.29. The zero-order chi connectivity index (χ0) is 31.2. The van der Waals surface area contributed by atoms with Crippen molar-refractivity contribution < 1.29 is 19.8 Å². The number of terminal acetylenes is 1. The zero-order valence-electron chi connectivity index (χ0n) is 26.4. The van der Waals surface area contributed by atoms with Crippen LogP contribution in [0.2, 0.25) is 0 Å². The first-order valence-electron chi connectivity index (χ1n) is 16.6. The van der Waals surface area contributed by atoms with E-state index in [4.69, 9.17) is 12.0 Å². The van der Waals surface area contributed by atoms with Gasteiger partial charge in [0.2, 0.25) is 11.8 Å². The number of nitrogens with zero attached hydrogens (tertiary/aromatic N) is 3. The molecular formula is C34H53N5O4. The Labute approximate surface area is 257 Å². The molecule has 2 amide bonds. The highest BCUT2D eigenvalue weighted by atomic mass is 16.3. The summed E-state index contributed by atoms with van der Waals surface area (Å²) in [7, 11) is 0. The standard InChI is InChI=1S/C34H53N5O4/c1-5-6-7-11-30(42)37-29(21-36-39-35)38-31(43)12-9-8-10-22(2)25-13-14-26-32-27(16-18-34(25,26)4)33(3)17-15-24(40)19-23(33)20-28(32)41/h1,9,12,22-29,32,40-41H,6-8,10-11,13-21H2,2-4H3,(H,37,42)(H,38,43)/b12-9+/t22-,23+,24-,25-,26+,27+,28?,29?,32+,33+,34-/m1/s1. The van der Waals surface area contributed by atoms with Crippen molar-refractivity contribution in [3.8, 4) is 12.3 Å². The Morgan fingerprint density at radius 2 is 1.86 bits per heavy atom. The topological polar surface area (TPSA) is 147 Å². The van der Waals surface area contributed by atoms with E-state index in [1.807, 2.05) is 6.08 Å². The molecule has 4 N–H and O–H groups in total. The average Bonchev–Trinajstić information content (AvgIpc) is 3.32. The lowest BCUT2D eigenvalue weighted by atomic mass is 9.43. The van der Waals surface area contributed by atoms with E-state index in [-0.39, 0.29) is 47.8 Å². The summed E-state index contributed by atoms with van der Waals surface area (Å²) in [6.07, 6.45) is 18.9. The maximum Gasteiger partial charge on any atom is 0.245 e. The third-order valence-electron chi connectivity index (χ3n) is 12.2. The van der Waals surface area contributed by atoms with Crippen molar-refractivity contribution in [1.82, 2.24) is 10.6 Å². The number of rotatable bonds is 12. The molecule has 43 heavy (non-hydrogen) atoms. The number of carbonyl (C=O) groups excluding carboxylic acids is 2. The van der Waals surface area contributed by atoms with Gasteiger partial charge in [0.15, 0.2) is 0 Å². The van der Waals surface area contributed by atoms with E-state index in [1.54, 1.807) is 0 Å². The van der Waals surface area contributed by atoms with Gasteiger partial charge in [-0.3, -0.25) is 9.59 Å². The average molecular weight is 596 g/mol. The molecule has 2 unspecified atom stereocenters. The van der Waals surface area contributed by atoms with E-state index < -0.39 is 6.17 Å². The largest absolute Gasteiger partial charge is 0.393 e. The van der Waals surface area contributed by atoms with Crippen molar-refractivity contribution in [3.05, 3.63) is 22.6 Å². The van der Waals surface area contributed by atoms with Crippen molar-refractivity contribution in [2.24, 2.45) is 51.5 Å². The molecule has 9 heteroatoms. The molecule has 238 valence electrons. The van der Waals surface area contributed by atoms with Crippen LogP contribution in [0.4, 0.5) is 0 Å². The normalized spacial score (nSPS) is 38.0. The van der Waals surface area contributed by atoms with E-state index in [9.17, 15) is 19.8 Å². The first-order valence-corrected chi connectivity index (χ1v) is 16.6. The van der Waals surface area contributed by atoms with Crippen molar-refractivity contribution in [2.75, 3.05) is 6.54 Å². The summed E-state index contributed by atoms with van der Waals surface area (Å²) in [5.41, 5.74) is 9.14. The highest BCUT2D eigenvalue weighted by Gasteiger charge is 2.62. The number of hydrogen-bond acceptors (Lipinski definition) is 5. The first kappa shape index (κ1) is 33.4. The minimum atomic E-state index is -0.776. The highest BCUT2D eigenvalue weighted by molar-refractivity contribution is 5.88. The molecule has 0 aromatic heterocycles. The monoisotopic (exact) mass is 595 g/mol. The molecule has 4 fully saturated rings. The van der Waals surface area contributed by atoms with Gasteiger partial charge in [-0.15, -0.1) is 12.3 Å². The number of fused-ring (bicyclic) bond motifs is 5. The maximum atomic E-state index is 12.6. The second-order valence-electron chi connectivity index (χ2n) is 14.5. The van der Waals surface area contributed by atoms with E-state index in [2.05, 4.69) is 47.4 Å². The quantitative estimate of drug-likeness (QED) is 0.0441. The number of carbonyl (C=O) groups is 2. The second-order valence-corrected chi connectivity index (χ2v) is 14.5. The van der Waals surface area contributed by atoms with Gasteiger partial charge in [0.25, 0.3) is 0 Å². The number of aliphatic hydroxyl groups excluding tert-OH is 2. The van der Waals surface area contributed by atoms with Crippen molar-refractivity contribution in [3.63, 3.8) is 0 Å². The van der Waals surface area contributed by atoms with Gasteiger partial charge in [-0.25, -0.2) is 0 Å². The number of aliphatic hydroxyl groups is 2. The summed E-state index contributed by atoms with van der Waals surface area (Å²) < 4.78 is 0. The Morgan fingerprint density at radius 1 is 1.12 bits per heavy atom. The van der Waals surface area contributed by atoms with E-state index in [0.717, 1.165) is 38.5 Å². The van der Waals surface area contributed by atoms with Gasteiger partial charge in [-0.2, -0.15) is 0 Å². The molecular weight excluding hydrogens is 542 g/mol. The van der Waals surface area contributed by atoms with Crippen LogP contribution in [0, 0.1) is 58.7 Å². The molecule has 0 heterocycles. The number of amides is 2.